The molecule has 0 aliphatic heterocycles. The quantitative estimate of drug-likeness (QED) is 0.668. The minimum Gasteiger partial charge on any atom is -0.477 e. The highest BCUT2D eigenvalue weighted by Crippen LogP contribution is 2.32. The summed E-state index contributed by atoms with van der Waals surface area (Å²) < 4.78 is 42.0. The van der Waals surface area contributed by atoms with Crippen LogP contribution in [-0.4, -0.2) is 28.9 Å². The Balaban J connectivity index is 2.37. The van der Waals surface area contributed by atoms with Gasteiger partial charge in [0.1, 0.15) is 11.9 Å². The minimum absolute atomic E-state index is 0.0301. The zero-order chi connectivity index (χ0) is 19.3. The summed E-state index contributed by atoms with van der Waals surface area (Å²) in [5.41, 5.74) is 5.62. The van der Waals surface area contributed by atoms with Gasteiger partial charge in [0.15, 0.2) is 0 Å². The highest BCUT2D eigenvalue weighted by Gasteiger charge is 2.49. The van der Waals surface area contributed by atoms with Crippen LogP contribution in [0.4, 0.5) is 13.2 Å². The lowest BCUT2D eigenvalue weighted by molar-refractivity contribution is -0.170. The molecule has 2 atom stereocenters. The number of hydrogen-bond donors (Lipinski definition) is 3. The van der Waals surface area contributed by atoms with Crippen LogP contribution in [0, 0.1) is 5.82 Å². The van der Waals surface area contributed by atoms with Gasteiger partial charge in [0.25, 0.3) is 0 Å². The van der Waals surface area contributed by atoms with Crippen molar-refractivity contribution in [2.45, 2.75) is 24.4 Å². The fraction of sp³-hybridized carbons (Fsp3) is 0.222. The van der Waals surface area contributed by atoms with Gasteiger partial charge in [-0.15, -0.1) is 0 Å². The lowest BCUT2D eigenvalue weighted by Gasteiger charge is -2.28. The third-order valence-corrected chi connectivity index (χ3v) is 3.82. The summed E-state index contributed by atoms with van der Waals surface area (Å²) in [5.74, 6) is -8.44. The first-order valence-electron chi connectivity index (χ1n) is 7.67. The fourth-order valence-electron chi connectivity index (χ4n) is 2.51. The zero-order valence-corrected chi connectivity index (χ0v) is 13.5. The fourth-order valence-corrected chi connectivity index (χ4v) is 2.51. The molecule has 0 unspecified atom stereocenters. The molecule has 0 spiro atoms. The standard InChI is InChI=1S/C18H17F3N2O3/c19-13-8-4-7-12(10-13)15(18(20,21)17(25)26)23-14(16(22)24)9-11-5-2-1-3-6-11/h1-8,10,14-15,23H,9H2,(H2,22,24)(H,25,26)/t14-,15-/m0/s1. The van der Waals surface area contributed by atoms with Crippen molar-refractivity contribution < 1.29 is 27.9 Å². The second-order valence-electron chi connectivity index (χ2n) is 5.73. The van der Waals surface area contributed by atoms with E-state index in [1.165, 1.54) is 6.07 Å². The second kappa shape index (κ2) is 8.01. The normalized spacial score (nSPS) is 13.8. The molecule has 0 aliphatic rings. The van der Waals surface area contributed by atoms with Crippen molar-refractivity contribution in [3.05, 3.63) is 71.5 Å². The molecule has 5 nitrogen and oxygen atoms in total. The van der Waals surface area contributed by atoms with Crippen LogP contribution in [0.1, 0.15) is 17.2 Å². The van der Waals surface area contributed by atoms with Crippen molar-refractivity contribution in [3.63, 3.8) is 0 Å². The van der Waals surface area contributed by atoms with Gasteiger partial charge < -0.3 is 10.8 Å². The molecule has 0 aromatic heterocycles. The molecule has 0 bridgehead atoms. The summed E-state index contributed by atoms with van der Waals surface area (Å²) in [5, 5.41) is 11.2. The van der Waals surface area contributed by atoms with E-state index in [0.717, 1.165) is 18.2 Å². The Kier molecular flexibility index (Phi) is 5.99. The largest absolute Gasteiger partial charge is 0.477 e. The average Bonchev–Trinajstić information content (AvgIpc) is 2.58. The van der Waals surface area contributed by atoms with Crippen LogP contribution >= 0.6 is 0 Å². The lowest BCUT2D eigenvalue weighted by atomic mass is 9.97. The van der Waals surface area contributed by atoms with Crippen LogP contribution in [0.2, 0.25) is 0 Å². The number of halogens is 3. The van der Waals surface area contributed by atoms with Crippen molar-refractivity contribution >= 4 is 11.9 Å². The molecule has 2 aromatic rings. The summed E-state index contributed by atoms with van der Waals surface area (Å²) in [6.45, 7) is 0. The molecule has 2 rings (SSSR count). The van der Waals surface area contributed by atoms with E-state index in [2.05, 4.69) is 5.32 Å². The Morgan fingerprint density at radius 1 is 1.12 bits per heavy atom. The maximum Gasteiger partial charge on any atom is 0.376 e. The first kappa shape index (κ1) is 19.5. The molecule has 0 heterocycles. The van der Waals surface area contributed by atoms with E-state index >= 15 is 0 Å². The number of carbonyl (C=O) groups is 2. The van der Waals surface area contributed by atoms with Gasteiger partial charge in [-0.1, -0.05) is 42.5 Å². The predicted molar refractivity (Wildman–Crippen MR) is 88.0 cm³/mol. The molecule has 8 heteroatoms. The van der Waals surface area contributed by atoms with Crippen LogP contribution in [0.3, 0.4) is 0 Å². The Morgan fingerprint density at radius 2 is 1.77 bits per heavy atom. The Bertz CT molecular complexity index is 784. The monoisotopic (exact) mass is 366 g/mol. The number of carboxylic acid groups (broad SMARTS) is 1. The molecule has 0 aliphatic carbocycles. The Labute approximate surface area is 147 Å². The molecule has 4 N–H and O–H groups in total. The van der Waals surface area contributed by atoms with Crippen LogP contribution in [-0.2, 0) is 16.0 Å². The number of carbonyl (C=O) groups excluding carboxylic acids is 1. The maximum atomic E-state index is 14.3. The van der Waals surface area contributed by atoms with Crippen molar-refractivity contribution in [2.24, 2.45) is 5.73 Å². The molecule has 26 heavy (non-hydrogen) atoms. The summed E-state index contributed by atoms with van der Waals surface area (Å²) in [4.78, 5) is 22.8. The predicted octanol–water partition coefficient (Wildman–Crippen LogP) is 2.27. The number of nitrogens with two attached hydrogens (primary N) is 1. The van der Waals surface area contributed by atoms with Crippen molar-refractivity contribution in [2.75, 3.05) is 0 Å². The van der Waals surface area contributed by atoms with E-state index in [0.29, 0.717) is 5.56 Å². The van der Waals surface area contributed by atoms with Crippen LogP contribution in [0.15, 0.2) is 54.6 Å². The first-order chi connectivity index (χ1) is 12.2. The van der Waals surface area contributed by atoms with Gasteiger partial charge in [0, 0.05) is 0 Å². The molecule has 0 saturated heterocycles. The Hall–Kier alpha value is -2.87. The highest BCUT2D eigenvalue weighted by atomic mass is 19.3. The second-order valence-corrected chi connectivity index (χ2v) is 5.73. The number of carboxylic acids is 1. The number of nitrogens with one attached hydrogen (secondary N) is 1. The molecule has 0 radical (unpaired) electrons. The number of benzene rings is 2. The summed E-state index contributed by atoms with van der Waals surface area (Å²) in [6.07, 6.45) is -0.0301. The van der Waals surface area contributed by atoms with Crippen LogP contribution in [0.5, 0.6) is 0 Å². The van der Waals surface area contributed by atoms with Gasteiger partial charge in [-0.05, 0) is 29.7 Å². The number of alkyl halides is 2. The third-order valence-electron chi connectivity index (χ3n) is 3.82. The summed E-state index contributed by atoms with van der Waals surface area (Å²) in [7, 11) is 0. The van der Waals surface area contributed by atoms with Gasteiger partial charge in [0.05, 0.1) is 6.04 Å². The van der Waals surface area contributed by atoms with E-state index in [4.69, 9.17) is 10.8 Å². The van der Waals surface area contributed by atoms with E-state index < -0.39 is 35.7 Å². The number of rotatable bonds is 8. The van der Waals surface area contributed by atoms with E-state index in [1.54, 1.807) is 30.3 Å². The van der Waals surface area contributed by atoms with Crippen LogP contribution in [0.25, 0.3) is 0 Å². The molecule has 2 aromatic carbocycles. The van der Waals surface area contributed by atoms with E-state index in [-0.39, 0.29) is 12.0 Å². The van der Waals surface area contributed by atoms with E-state index in [1.807, 2.05) is 0 Å². The zero-order valence-electron chi connectivity index (χ0n) is 13.5. The number of hydrogen-bond acceptors (Lipinski definition) is 3. The summed E-state index contributed by atoms with van der Waals surface area (Å²) >= 11 is 0. The average molecular weight is 366 g/mol. The molecule has 138 valence electrons. The molecular formula is C18H17F3N2O3. The van der Waals surface area contributed by atoms with E-state index in [9.17, 15) is 22.8 Å². The number of aliphatic carboxylic acids is 1. The highest BCUT2D eigenvalue weighted by molar-refractivity contribution is 5.81. The van der Waals surface area contributed by atoms with Crippen LogP contribution < -0.4 is 11.1 Å². The number of primary amides is 1. The smallest absolute Gasteiger partial charge is 0.376 e. The SMILES string of the molecule is NC(=O)[C@H](Cc1ccccc1)N[C@@H](c1cccc(F)c1)C(F)(F)C(=O)O. The lowest BCUT2D eigenvalue weighted by Crippen LogP contribution is -2.51. The van der Waals surface area contributed by atoms with Gasteiger partial charge in [-0.2, -0.15) is 8.78 Å². The summed E-state index contributed by atoms with van der Waals surface area (Å²) in [6, 6.07) is 9.20. The van der Waals surface area contributed by atoms with Gasteiger partial charge in [0.2, 0.25) is 5.91 Å². The van der Waals surface area contributed by atoms with Crippen molar-refractivity contribution in [1.29, 1.82) is 0 Å². The van der Waals surface area contributed by atoms with Crippen molar-refractivity contribution in [3.8, 4) is 0 Å². The van der Waals surface area contributed by atoms with Gasteiger partial charge >= 0.3 is 11.9 Å². The van der Waals surface area contributed by atoms with Gasteiger partial charge in [-0.25, -0.2) is 9.18 Å². The third kappa shape index (κ3) is 4.60. The molecular weight excluding hydrogens is 349 g/mol. The molecule has 0 saturated carbocycles. The number of amides is 1. The molecule has 1 amide bonds. The Morgan fingerprint density at radius 3 is 2.31 bits per heavy atom. The molecule has 0 fully saturated rings. The topological polar surface area (TPSA) is 92.4 Å². The maximum absolute atomic E-state index is 14.3. The minimum atomic E-state index is -4.29. The van der Waals surface area contributed by atoms with Crippen molar-refractivity contribution in [1.82, 2.24) is 5.32 Å². The first-order valence-corrected chi connectivity index (χ1v) is 7.67. The van der Waals surface area contributed by atoms with Gasteiger partial charge in [-0.3, -0.25) is 10.1 Å².